The molecule has 0 aromatic carbocycles. The number of furan rings is 1. The lowest BCUT2D eigenvalue weighted by Crippen LogP contribution is -2.31. The lowest BCUT2D eigenvalue weighted by Gasteiger charge is -2.16. The fourth-order valence-electron chi connectivity index (χ4n) is 2.06. The molecule has 3 atom stereocenters. The Kier molecular flexibility index (Phi) is 3.42. The number of rotatable bonds is 3. The van der Waals surface area contributed by atoms with E-state index >= 15 is 0 Å². The van der Waals surface area contributed by atoms with Crippen LogP contribution in [0.15, 0.2) is 16.5 Å². The number of hydrogen-bond acceptors (Lipinski definition) is 3. The summed E-state index contributed by atoms with van der Waals surface area (Å²) in [6, 6.07) is 5.07. The molecule has 1 fully saturated rings. The minimum absolute atomic E-state index is 0.328. The average molecular weight is 225 g/mol. The first-order valence-corrected chi connectivity index (χ1v) is 6.64. The van der Waals surface area contributed by atoms with E-state index in [0.29, 0.717) is 12.1 Å². The van der Waals surface area contributed by atoms with E-state index in [4.69, 9.17) is 4.42 Å². The average Bonchev–Trinajstić information content (AvgIpc) is 2.75. The van der Waals surface area contributed by atoms with Crippen LogP contribution in [-0.2, 0) is 0 Å². The highest BCUT2D eigenvalue weighted by molar-refractivity contribution is 8.00. The minimum Gasteiger partial charge on any atom is -0.465 e. The van der Waals surface area contributed by atoms with Gasteiger partial charge in [0.2, 0.25) is 0 Å². The van der Waals surface area contributed by atoms with Crippen LogP contribution < -0.4 is 5.32 Å². The fraction of sp³-hybridized carbons (Fsp3) is 0.667. The first kappa shape index (κ1) is 11.1. The molecule has 0 amide bonds. The lowest BCUT2D eigenvalue weighted by atomic mass is 10.1. The standard InChI is InChI=1S/C12H19NOS/c1-8-4-5-12(14-8)10(3)13-11-6-9(2)15-7-11/h4-5,9-11,13H,6-7H2,1-3H3. The van der Waals surface area contributed by atoms with Crippen LogP contribution in [0.5, 0.6) is 0 Å². The Labute approximate surface area is 95.8 Å². The predicted molar refractivity (Wildman–Crippen MR) is 65.3 cm³/mol. The van der Waals surface area contributed by atoms with Gasteiger partial charge < -0.3 is 9.73 Å². The van der Waals surface area contributed by atoms with Crippen LogP contribution in [0.1, 0.15) is 37.8 Å². The van der Waals surface area contributed by atoms with E-state index in [-0.39, 0.29) is 0 Å². The molecule has 15 heavy (non-hydrogen) atoms. The molecule has 1 aromatic heterocycles. The van der Waals surface area contributed by atoms with E-state index in [2.05, 4.69) is 37.0 Å². The summed E-state index contributed by atoms with van der Waals surface area (Å²) in [6.07, 6.45) is 1.27. The monoisotopic (exact) mass is 225 g/mol. The van der Waals surface area contributed by atoms with E-state index < -0.39 is 0 Å². The second-order valence-corrected chi connectivity index (χ2v) is 5.88. The molecule has 1 aliphatic rings. The van der Waals surface area contributed by atoms with Crippen molar-refractivity contribution in [3.8, 4) is 0 Å². The zero-order valence-electron chi connectivity index (χ0n) is 9.62. The molecule has 0 spiro atoms. The molecule has 2 heterocycles. The van der Waals surface area contributed by atoms with E-state index in [0.717, 1.165) is 16.8 Å². The van der Waals surface area contributed by atoms with Crippen molar-refractivity contribution >= 4 is 11.8 Å². The highest BCUT2D eigenvalue weighted by atomic mass is 32.2. The van der Waals surface area contributed by atoms with Gasteiger partial charge in [0.25, 0.3) is 0 Å². The van der Waals surface area contributed by atoms with Gasteiger partial charge in [-0.1, -0.05) is 6.92 Å². The molecular formula is C12H19NOS. The van der Waals surface area contributed by atoms with Crippen molar-refractivity contribution in [2.24, 2.45) is 0 Å². The lowest BCUT2D eigenvalue weighted by molar-refractivity contribution is 0.387. The van der Waals surface area contributed by atoms with Crippen molar-refractivity contribution < 1.29 is 4.42 Å². The van der Waals surface area contributed by atoms with Crippen LogP contribution in [-0.4, -0.2) is 17.0 Å². The van der Waals surface area contributed by atoms with Crippen LogP contribution >= 0.6 is 11.8 Å². The Morgan fingerprint density at radius 1 is 1.53 bits per heavy atom. The summed E-state index contributed by atoms with van der Waals surface area (Å²) in [7, 11) is 0. The molecule has 2 rings (SSSR count). The smallest absolute Gasteiger partial charge is 0.120 e. The quantitative estimate of drug-likeness (QED) is 0.855. The molecule has 1 saturated heterocycles. The molecule has 1 aliphatic heterocycles. The number of aryl methyl sites for hydroxylation is 1. The van der Waals surface area contributed by atoms with E-state index in [1.165, 1.54) is 12.2 Å². The van der Waals surface area contributed by atoms with Crippen LogP contribution in [0.25, 0.3) is 0 Å². The Morgan fingerprint density at radius 2 is 2.33 bits per heavy atom. The fourth-order valence-corrected chi connectivity index (χ4v) is 3.22. The Hall–Kier alpha value is -0.410. The topological polar surface area (TPSA) is 25.2 Å². The first-order chi connectivity index (χ1) is 7.15. The summed E-state index contributed by atoms with van der Waals surface area (Å²) in [5.41, 5.74) is 0. The Bertz CT molecular complexity index is 323. The maximum absolute atomic E-state index is 5.61. The van der Waals surface area contributed by atoms with Crippen molar-refractivity contribution in [2.75, 3.05) is 5.75 Å². The predicted octanol–water partition coefficient (Wildman–Crippen LogP) is 3.13. The van der Waals surface area contributed by atoms with E-state index in [1.54, 1.807) is 0 Å². The molecule has 3 unspecified atom stereocenters. The third-order valence-corrected chi connectivity index (χ3v) is 4.23. The summed E-state index contributed by atoms with van der Waals surface area (Å²) >= 11 is 2.05. The summed E-state index contributed by atoms with van der Waals surface area (Å²) in [5.74, 6) is 3.27. The van der Waals surface area contributed by atoms with Crippen LogP contribution in [0.4, 0.5) is 0 Å². The zero-order chi connectivity index (χ0) is 10.8. The van der Waals surface area contributed by atoms with Gasteiger partial charge in [0.15, 0.2) is 0 Å². The molecule has 1 aromatic rings. The van der Waals surface area contributed by atoms with Gasteiger partial charge >= 0.3 is 0 Å². The molecule has 84 valence electrons. The molecule has 2 nitrogen and oxygen atoms in total. The van der Waals surface area contributed by atoms with Gasteiger partial charge in [-0.15, -0.1) is 0 Å². The second-order valence-electron chi connectivity index (χ2n) is 4.41. The summed E-state index contributed by atoms with van der Waals surface area (Å²) < 4.78 is 5.61. The van der Waals surface area contributed by atoms with Crippen molar-refractivity contribution in [1.29, 1.82) is 0 Å². The minimum atomic E-state index is 0.328. The van der Waals surface area contributed by atoms with E-state index in [9.17, 15) is 0 Å². The third-order valence-electron chi connectivity index (χ3n) is 2.87. The Balaban J connectivity index is 1.89. The molecule has 0 aliphatic carbocycles. The van der Waals surface area contributed by atoms with Gasteiger partial charge in [0, 0.05) is 17.0 Å². The third kappa shape index (κ3) is 2.79. The molecule has 0 radical (unpaired) electrons. The molecule has 1 N–H and O–H groups in total. The van der Waals surface area contributed by atoms with Gasteiger partial charge in [-0.05, 0) is 32.4 Å². The zero-order valence-corrected chi connectivity index (χ0v) is 10.4. The highest BCUT2D eigenvalue weighted by Crippen LogP contribution is 2.28. The summed E-state index contributed by atoms with van der Waals surface area (Å²) in [5, 5.41) is 4.42. The van der Waals surface area contributed by atoms with Gasteiger partial charge in [0.1, 0.15) is 11.5 Å². The molecule has 0 saturated carbocycles. The molecular weight excluding hydrogens is 206 g/mol. The van der Waals surface area contributed by atoms with Crippen molar-refractivity contribution in [3.05, 3.63) is 23.7 Å². The normalized spacial score (nSPS) is 28.2. The maximum atomic E-state index is 5.61. The van der Waals surface area contributed by atoms with Crippen LogP contribution in [0.2, 0.25) is 0 Å². The van der Waals surface area contributed by atoms with Crippen molar-refractivity contribution in [2.45, 2.75) is 44.5 Å². The largest absolute Gasteiger partial charge is 0.465 e. The number of nitrogens with one attached hydrogen (secondary N) is 1. The number of hydrogen-bond donors (Lipinski definition) is 1. The van der Waals surface area contributed by atoms with Gasteiger partial charge in [-0.25, -0.2) is 0 Å². The summed E-state index contributed by atoms with van der Waals surface area (Å²) in [4.78, 5) is 0. The second kappa shape index (κ2) is 4.62. The SMILES string of the molecule is Cc1ccc(C(C)NC2CSC(C)C2)o1. The highest BCUT2D eigenvalue weighted by Gasteiger charge is 2.23. The van der Waals surface area contributed by atoms with Gasteiger partial charge in [-0.3, -0.25) is 0 Å². The van der Waals surface area contributed by atoms with Crippen molar-refractivity contribution in [3.63, 3.8) is 0 Å². The van der Waals surface area contributed by atoms with Gasteiger partial charge in [-0.2, -0.15) is 11.8 Å². The Morgan fingerprint density at radius 3 is 2.87 bits per heavy atom. The van der Waals surface area contributed by atoms with Crippen LogP contribution in [0, 0.1) is 6.92 Å². The number of thioether (sulfide) groups is 1. The van der Waals surface area contributed by atoms with Crippen LogP contribution in [0.3, 0.4) is 0 Å². The van der Waals surface area contributed by atoms with E-state index in [1.807, 2.05) is 13.0 Å². The summed E-state index contributed by atoms with van der Waals surface area (Å²) in [6.45, 7) is 6.46. The molecule has 0 bridgehead atoms. The molecule has 3 heteroatoms. The van der Waals surface area contributed by atoms with Crippen molar-refractivity contribution in [1.82, 2.24) is 5.32 Å². The maximum Gasteiger partial charge on any atom is 0.120 e. The van der Waals surface area contributed by atoms with Gasteiger partial charge in [0.05, 0.1) is 6.04 Å². The first-order valence-electron chi connectivity index (χ1n) is 5.59.